The summed E-state index contributed by atoms with van der Waals surface area (Å²) in [5.41, 5.74) is 1.50. The molecular weight excluding hydrogens is 523 g/mol. The minimum Gasteiger partial charge on any atom is -0.495 e. The normalized spacial score (nSPS) is 11.0. The third-order valence-corrected chi connectivity index (χ3v) is 7.91. The predicted octanol–water partition coefficient (Wildman–Crippen LogP) is 5.16. The van der Waals surface area contributed by atoms with Crippen LogP contribution in [0.3, 0.4) is 0 Å². The lowest BCUT2D eigenvalue weighted by Gasteiger charge is -2.15. The number of thioether (sulfide) groups is 1. The van der Waals surface area contributed by atoms with Gasteiger partial charge < -0.3 is 10.1 Å². The van der Waals surface area contributed by atoms with Crippen LogP contribution in [0.1, 0.15) is 0 Å². The fourth-order valence-electron chi connectivity index (χ4n) is 3.43. The van der Waals surface area contributed by atoms with E-state index in [1.165, 1.54) is 27.2 Å². The molecule has 0 aliphatic heterocycles. The number of aromatic nitrogens is 4. The van der Waals surface area contributed by atoms with Crippen molar-refractivity contribution in [1.29, 1.82) is 0 Å². The van der Waals surface area contributed by atoms with Gasteiger partial charge in [-0.2, -0.15) is 0 Å². The van der Waals surface area contributed by atoms with Crippen LogP contribution in [-0.4, -0.2) is 37.9 Å². The molecule has 0 spiro atoms. The Morgan fingerprint density at radius 3 is 2.66 bits per heavy atom. The van der Waals surface area contributed by atoms with Gasteiger partial charge in [-0.15, -0.1) is 11.3 Å². The number of hydrogen-bond acceptors (Lipinski definition) is 9. The van der Waals surface area contributed by atoms with Crippen LogP contribution < -0.4 is 15.6 Å². The molecule has 2 aromatic carbocycles. The lowest BCUT2D eigenvalue weighted by molar-refractivity contribution is -0.113. The van der Waals surface area contributed by atoms with Crippen molar-refractivity contribution >= 4 is 68.0 Å². The van der Waals surface area contributed by atoms with Crippen LogP contribution in [0.4, 0.5) is 5.13 Å². The van der Waals surface area contributed by atoms with Gasteiger partial charge in [0.05, 0.1) is 18.6 Å². The summed E-state index contributed by atoms with van der Waals surface area (Å²) < 4.78 is 9.69. The van der Waals surface area contributed by atoms with Gasteiger partial charge in [0.2, 0.25) is 5.91 Å². The highest BCUT2D eigenvalue weighted by molar-refractivity contribution is 7.99. The molecule has 5 rings (SSSR count). The number of amides is 1. The lowest BCUT2D eigenvalue weighted by atomic mass is 10.3. The molecule has 0 radical (unpaired) electrons. The van der Waals surface area contributed by atoms with Gasteiger partial charge in [-0.25, -0.2) is 9.97 Å². The van der Waals surface area contributed by atoms with Crippen LogP contribution >= 0.6 is 46.7 Å². The SMILES string of the molecule is COc1ccccc1-n1c(SCC(=O)Nc2nccs2)nc2c(sc(=S)n2-c2ccccc2)c1=O. The number of benzene rings is 2. The molecule has 8 nitrogen and oxygen atoms in total. The zero-order chi connectivity index (χ0) is 24.4. The number of ether oxygens (including phenoxy) is 1. The van der Waals surface area contributed by atoms with Crippen LogP contribution in [0.15, 0.2) is 76.1 Å². The van der Waals surface area contributed by atoms with E-state index in [2.05, 4.69) is 10.3 Å². The largest absolute Gasteiger partial charge is 0.495 e. The van der Waals surface area contributed by atoms with Crippen molar-refractivity contribution in [2.24, 2.45) is 0 Å². The molecule has 0 bridgehead atoms. The highest BCUT2D eigenvalue weighted by Gasteiger charge is 2.21. The molecule has 12 heteroatoms. The third-order valence-electron chi connectivity index (χ3n) is 4.93. The number of rotatable bonds is 7. The molecule has 0 saturated heterocycles. The summed E-state index contributed by atoms with van der Waals surface area (Å²) in [5, 5.41) is 5.39. The number of para-hydroxylation sites is 3. The molecule has 1 amide bonds. The number of carbonyl (C=O) groups excluding carboxylic acids is 1. The van der Waals surface area contributed by atoms with E-state index in [-0.39, 0.29) is 17.2 Å². The standard InChI is InChI=1S/C23H17N5O3S4/c1-31-16-10-6-5-9-15(16)28-20(30)18-19(27(23(32)35-18)14-7-3-2-4-8-14)26-22(28)34-13-17(29)25-21-24-11-12-33-21/h2-12H,13H2,1H3,(H,24,25,29). The molecule has 0 unspecified atom stereocenters. The number of nitrogens with zero attached hydrogens (tertiary/aromatic N) is 4. The number of nitrogens with one attached hydrogen (secondary N) is 1. The molecule has 1 N–H and O–H groups in total. The highest BCUT2D eigenvalue weighted by atomic mass is 32.2. The van der Waals surface area contributed by atoms with Gasteiger partial charge in [0.15, 0.2) is 19.9 Å². The van der Waals surface area contributed by atoms with Crippen molar-refractivity contribution < 1.29 is 9.53 Å². The summed E-state index contributed by atoms with van der Waals surface area (Å²) in [6, 6.07) is 16.7. The number of anilines is 1. The minimum atomic E-state index is -0.284. The van der Waals surface area contributed by atoms with Crippen molar-refractivity contribution in [1.82, 2.24) is 19.1 Å². The first-order chi connectivity index (χ1) is 17.1. The molecule has 3 aromatic heterocycles. The van der Waals surface area contributed by atoms with Crippen LogP contribution in [-0.2, 0) is 4.79 Å². The van der Waals surface area contributed by atoms with Crippen molar-refractivity contribution in [3.8, 4) is 17.1 Å². The fourth-order valence-corrected chi connectivity index (χ4v) is 6.08. The second-order valence-corrected chi connectivity index (χ2v) is 10.6. The first-order valence-electron chi connectivity index (χ1n) is 10.3. The third kappa shape index (κ3) is 4.65. The summed E-state index contributed by atoms with van der Waals surface area (Å²) >= 11 is 9.30. The number of methoxy groups -OCH3 is 1. The van der Waals surface area contributed by atoms with E-state index in [4.69, 9.17) is 21.9 Å². The zero-order valence-corrected chi connectivity index (χ0v) is 21.5. The number of carbonyl (C=O) groups is 1. The number of fused-ring (bicyclic) bond motifs is 1. The first kappa shape index (κ1) is 23.4. The van der Waals surface area contributed by atoms with Crippen molar-refractivity contribution in [3.05, 3.63) is 80.5 Å². The van der Waals surface area contributed by atoms with Crippen molar-refractivity contribution in [2.45, 2.75) is 5.16 Å². The van der Waals surface area contributed by atoms with Gasteiger partial charge in [-0.1, -0.05) is 53.4 Å². The second kappa shape index (κ2) is 10.1. The minimum absolute atomic E-state index is 0.0306. The Balaban J connectivity index is 1.66. The Morgan fingerprint density at radius 2 is 1.91 bits per heavy atom. The molecular formula is C23H17N5O3S4. The molecule has 0 atom stereocenters. The van der Waals surface area contributed by atoms with Crippen molar-refractivity contribution in [2.75, 3.05) is 18.2 Å². The fraction of sp³-hybridized carbons (Fsp3) is 0.0870. The average Bonchev–Trinajstić information content (AvgIpc) is 3.50. The van der Waals surface area contributed by atoms with E-state index in [9.17, 15) is 9.59 Å². The van der Waals surface area contributed by atoms with Gasteiger partial charge in [-0.3, -0.25) is 18.7 Å². The maximum Gasteiger partial charge on any atom is 0.278 e. The van der Waals surface area contributed by atoms with E-state index < -0.39 is 0 Å². The van der Waals surface area contributed by atoms with Crippen LogP contribution in [0.2, 0.25) is 0 Å². The summed E-state index contributed by atoms with van der Waals surface area (Å²) in [5.74, 6) is 0.287. The predicted molar refractivity (Wildman–Crippen MR) is 143 cm³/mol. The Morgan fingerprint density at radius 1 is 1.14 bits per heavy atom. The Hall–Kier alpha value is -3.32. The van der Waals surface area contributed by atoms with E-state index in [0.717, 1.165) is 17.4 Å². The highest BCUT2D eigenvalue weighted by Crippen LogP contribution is 2.30. The Labute approximate surface area is 216 Å². The number of thiazole rings is 2. The van der Waals surface area contributed by atoms with Gasteiger partial charge in [0.25, 0.3) is 5.56 Å². The molecule has 0 aliphatic carbocycles. The summed E-state index contributed by atoms with van der Waals surface area (Å²) in [6.45, 7) is 0. The second-order valence-electron chi connectivity index (χ2n) is 7.07. The van der Waals surface area contributed by atoms with Gasteiger partial charge in [-0.05, 0) is 36.5 Å². The van der Waals surface area contributed by atoms with E-state index in [0.29, 0.717) is 36.0 Å². The first-order valence-corrected chi connectivity index (χ1v) is 13.4. The van der Waals surface area contributed by atoms with E-state index >= 15 is 0 Å². The van der Waals surface area contributed by atoms with Crippen molar-refractivity contribution in [3.63, 3.8) is 0 Å². The topological polar surface area (TPSA) is 91.0 Å². The molecule has 0 aliphatic rings. The summed E-state index contributed by atoms with van der Waals surface area (Å²) in [4.78, 5) is 35.3. The quantitative estimate of drug-likeness (QED) is 0.173. The van der Waals surface area contributed by atoms with E-state index in [1.54, 1.807) is 35.4 Å². The molecule has 5 aromatic rings. The summed E-state index contributed by atoms with van der Waals surface area (Å²) in [7, 11) is 1.54. The molecule has 35 heavy (non-hydrogen) atoms. The van der Waals surface area contributed by atoms with Gasteiger partial charge in [0, 0.05) is 17.3 Å². The van der Waals surface area contributed by atoms with Crippen LogP contribution in [0, 0.1) is 3.95 Å². The average molecular weight is 540 g/mol. The molecule has 0 fully saturated rings. The molecule has 3 heterocycles. The van der Waals surface area contributed by atoms with Gasteiger partial charge in [0.1, 0.15) is 10.4 Å². The zero-order valence-electron chi connectivity index (χ0n) is 18.2. The maximum absolute atomic E-state index is 13.8. The van der Waals surface area contributed by atoms with E-state index in [1.807, 2.05) is 42.5 Å². The van der Waals surface area contributed by atoms with Gasteiger partial charge >= 0.3 is 0 Å². The maximum atomic E-state index is 13.8. The van der Waals surface area contributed by atoms with Crippen LogP contribution in [0.25, 0.3) is 21.7 Å². The monoisotopic (exact) mass is 539 g/mol. The van der Waals surface area contributed by atoms with Crippen LogP contribution in [0.5, 0.6) is 5.75 Å². The number of hydrogen-bond donors (Lipinski definition) is 1. The Kier molecular flexibility index (Phi) is 6.77. The summed E-state index contributed by atoms with van der Waals surface area (Å²) in [6.07, 6.45) is 1.62. The lowest BCUT2D eigenvalue weighted by Crippen LogP contribution is -2.23. The smallest absolute Gasteiger partial charge is 0.278 e. The molecule has 0 saturated carbocycles. The Bertz CT molecular complexity index is 1620. The molecule has 176 valence electrons.